The molecule has 0 radical (unpaired) electrons. The van der Waals surface area contributed by atoms with Gasteiger partial charge in [-0.15, -0.1) is 0 Å². The van der Waals surface area contributed by atoms with E-state index in [0.717, 1.165) is 5.69 Å². The molecule has 4 nitrogen and oxygen atoms in total. The summed E-state index contributed by atoms with van der Waals surface area (Å²) in [6, 6.07) is 7.81. The van der Waals surface area contributed by atoms with Crippen LogP contribution in [0.25, 0.3) is 0 Å². The van der Waals surface area contributed by atoms with Gasteiger partial charge in [0.2, 0.25) is 5.91 Å². The highest BCUT2D eigenvalue weighted by atomic mass is 16.5. The molecule has 0 heterocycles. The number of para-hydroxylation sites is 2. The molecule has 0 saturated heterocycles. The van der Waals surface area contributed by atoms with Crippen LogP contribution in [-0.4, -0.2) is 37.0 Å². The van der Waals surface area contributed by atoms with Gasteiger partial charge in [-0.1, -0.05) is 12.1 Å². The van der Waals surface area contributed by atoms with Crippen LogP contribution in [0.2, 0.25) is 0 Å². The van der Waals surface area contributed by atoms with Crippen molar-refractivity contribution in [3.8, 4) is 5.75 Å². The largest absolute Gasteiger partial charge is 0.492 e. The molecule has 0 aromatic heterocycles. The van der Waals surface area contributed by atoms with Crippen molar-refractivity contribution in [2.45, 2.75) is 26.8 Å². The van der Waals surface area contributed by atoms with Crippen LogP contribution in [0.4, 0.5) is 5.69 Å². The Morgan fingerprint density at radius 1 is 1.39 bits per heavy atom. The summed E-state index contributed by atoms with van der Waals surface area (Å²) in [6.45, 7) is 6.99. The summed E-state index contributed by atoms with van der Waals surface area (Å²) in [7, 11) is 1.93. The SMILES string of the molecule is CCOc1ccccc1NC(=O)CN(C)C(C)C. The van der Waals surface area contributed by atoms with Crippen molar-refractivity contribution in [1.82, 2.24) is 4.90 Å². The highest BCUT2D eigenvalue weighted by molar-refractivity contribution is 5.93. The molecule has 100 valence electrons. The first kappa shape index (κ1) is 14.5. The number of carbonyl (C=O) groups is 1. The highest BCUT2D eigenvalue weighted by Crippen LogP contribution is 2.23. The third-order valence-corrected chi connectivity index (χ3v) is 2.74. The van der Waals surface area contributed by atoms with Crippen LogP contribution in [0.1, 0.15) is 20.8 Å². The van der Waals surface area contributed by atoms with E-state index in [1.165, 1.54) is 0 Å². The number of hydrogen-bond donors (Lipinski definition) is 1. The topological polar surface area (TPSA) is 41.6 Å². The molecule has 0 aliphatic heterocycles. The van der Waals surface area contributed by atoms with Crippen molar-refractivity contribution in [1.29, 1.82) is 0 Å². The molecule has 0 unspecified atom stereocenters. The monoisotopic (exact) mass is 250 g/mol. The van der Waals surface area contributed by atoms with Crippen molar-refractivity contribution >= 4 is 11.6 Å². The number of rotatable bonds is 6. The van der Waals surface area contributed by atoms with Crippen molar-refractivity contribution in [3.05, 3.63) is 24.3 Å². The number of nitrogens with one attached hydrogen (secondary N) is 1. The standard InChI is InChI=1S/C14H22N2O2/c1-5-18-13-9-7-6-8-12(13)15-14(17)10-16(4)11(2)3/h6-9,11H,5,10H2,1-4H3,(H,15,17). The van der Waals surface area contributed by atoms with Gasteiger partial charge in [-0.05, 0) is 40.0 Å². The molecule has 1 amide bonds. The maximum atomic E-state index is 11.9. The van der Waals surface area contributed by atoms with Crippen molar-refractivity contribution < 1.29 is 9.53 Å². The van der Waals surface area contributed by atoms with Crippen LogP contribution >= 0.6 is 0 Å². The van der Waals surface area contributed by atoms with E-state index in [0.29, 0.717) is 24.9 Å². The first-order valence-corrected chi connectivity index (χ1v) is 6.26. The van der Waals surface area contributed by atoms with Gasteiger partial charge in [-0.2, -0.15) is 0 Å². The number of benzene rings is 1. The fraction of sp³-hybridized carbons (Fsp3) is 0.500. The molecular weight excluding hydrogens is 228 g/mol. The van der Waals surface area contributed by atoms with E-state index in [2.05, 4.69) is 19.2 Å². The van der Waals surface area contributed by atoms with Gasteiger partial charge >= 0.3 is 0 Å². The van der Waals surface area contributed by atoms with Crippen LogP contribution < -0.4 is 10.1 Å². The van der Waals surface area contributed by atoms with Crippen molar-refractivity contribution in [3.63, 3.8) is 0 Å². The third-order valence-electron chi connectivity index (χ3n) is 2.74. The predicted molar refractivity (Wildman–Crippen MR) is 74.0 cm³/mol. The number of ether oxygens (including phenoxy) is 1. The molecule has 0 atom stereocenters. The molecule has 0 aliphatic carbocycles. The first-order chi connectivity index (χ1) is 8.54. The van der Waals surface area contributed by atoms with Gasteiger partial charge in [0.1, 0.15) is 5.75 Å². The van der Waals surface area contributed by atoms with Gasteiger partial charge < -0.3 is 10.1 Å². The number of nitrogens with zero attached hydrogens (tertiary/aromatic N) is 1. The van der Waals surface area contributed by atoms with Gasteiger partial charge in [-0.25, -0.2) is 0 Å². The second-order valence-corrected chi connectivity index (χ2v) is 4.49. The van der Waals surface area contributed by atoms with Gasteiger partial charge in [0.05, 0.1) is 18.8 Å². The molecule has 0 bridgehead atoms. The summed E-state index contributed by atoms with van der Waals surface area (Å²) >= 11 is 0. The van der Waals surface area contributed by atoms with Gasteiger partial charge in [0.15, 0.2) is 0 Å². The maximum absolute atomic E-state index is 11.9. The summed E-state index contributed by atoms with van der Waals surface area (Å²) in [4.78, 5) is 13.9. The van der Waals surface area contributed by atoms with Crippen LogP contribution in [-0.2, 0) is 4.79 Å². The minimum atomic E-state index is -0.0293. The maximum Gasteiger partial charge on any atom is 0.238 e. The van der Waals surface area contributed by atoms with Crippen LogP contribution in [0, 0.1) is 0 Å². The fourth-order valence-electron chi connectivity index (χ4n) is 1.45. The second kappa shape index (κ2) is 7.01. The molecule has 1 N–H and O–H groups in total. The molecule has 1 aromatic carbocycles. The zero-order valence-corrected chi connectivity index (χ0v) is 11.6. The van der Waals surface area contributed by atoms with E-state index >= 15 is 0 Å². The molecule has 1 aromatic rings. The van der Waals surface area contributed by atoms with E-state index in [1.54, 1.807) is 0 Å². The van der Waals surface area contributed by atoms with Gasteiger partial charge in [-0.3, -0.25) is 9.69 Å². The summed E-state index contributed by atoms with van der Waals surface area (Å²) in [5, 5.41) is 2.88. The second-order valence-electron chi connectivity index (χ2n) is 4.49. The van der Waals surface area contributed by atoms with E-state index in [9.17, 15) is 4.79 Å². The van der Waals surface area contributed by atoms with Gasteiger partial charge in [0, 0.05) is 6.04 Å². The molecule has 18 heavy (non-hydrogen) atoms. The van der Waals surface area contributed by atoms with Crippen LogP contribution in [0.3, 0.4) is 0 Å². The Morgan fingerprint density at radius 3 is 2.67 bits per heavy atom. The van der Waals surface area contributed by atoms with Crippen molar-refractivity contribution in [2.24, 2.45) is 0 Å². The van der Waals surface area contributed by atoms with Crippen LogP contribution in [0.5, 0.6) is 5.75 Å². The van der Waals surface area contributed by atoms with Crippen LogP contribution in [0.15, 0.2) is 24.3 Å². The fourth-order valence-corrected chi connectivity index (χ4v) is 1.45. The van der Waals surface area contributed by atoms with Crippen molar-refractivity contribution in [2.75, 3.05) is 25.5 Å². The molecule has 0 spiro atoms. The minimum Gasteiger partial charge on any atom is -0.492 e. The average Bonchev–Trinajstić information content (AvgIpc) is 2.31. The molecule has 0 aliphatic rings. The Labute approximate surface area is 109 Å². The Hall–Kier alpha value is -1.55. The van der Waals surface area contributed by atoms with E-state index in [-0.39, 0.29) is 5.91 Å². The summed E-state index contributed by atoms with van der Waals surface area (Å²) < 4.78 is 5.46. The Morgan fingerprint density at radius 2 is 2.06 bits per heavy atom. The summed E-state index contributed by atoms with van der Waals surface area (Å²) in [5.74, 6) is 0.680. The third kappa shape index (κ3) is 4.37. The summed E-state index contributed by atoms with van der Waals surface area (Å²) in [5.41, 5.74) is 0.724. The van der Waals surface area contributed by atoms with E-state index < -0.39 is 0 Å². The lowest BCUT2D eigenvalue weighted by atomic mass is 10.3. The minimum absolute atomic E-state index is 0.0293. The Bertz CT molecular complexity index is 391. The Balaban J connectivity index is 2.64. The zero-order valence-electron chi connectivity index (χ0n) is 11.6. The number of amides is 1. The molecule has 0 fully saturated rings. The number of anilines is 1. The number of likely N-dealkylation sites (N-methyl/N-ethyl adjacent to an activating group) is 1. The van der Waals surface area contributed by atoms with Gasteiger partial charge in [0.25, 0.3) is 0 Å². The molecule has 4 heteroatoms. The number of hydrogen-bond acceptors (Lipinski definition) is 3. The molecule has 0 saturated carbocycles. The molecular formula is C14H22N2O2. The average molecular weight is 250 g/mol. The van der Waals surface area contributed by atoms with E-state index in [4.69, 9.17) is 4.74 Å². The highest BCUT2D eigenvalue weighted by Gasteiger charge is 2.11. The predicted octanol–water partition coefficient (Wildman–Crippen LogP) is 2.36. The quantitative estimate of drug-likeness (QED) is 0.842. The normalized spacial score (nSPS) is 10.8. The smallest absolute Gasteiger partial charge is 0.238 e. The Kier molecular flexibility index (Phi) is 5.65. The lowest BCUT2D eigenvalue weighted by Gasteiger charge is -2.20. The first-order valence-electron chi connectivity index (χ1n) is 6.26. The summed E-state index contributed by atoms with van der Waals surface area (Å²) in [6.07, 6.45) is 0. The molecule has 1 rings (SSSR count). The van der Waals surface area contributed by atoms with E-state index in [1.807, 2.05) is 43.1 Å². The lowest BCUT2D eigenvalue weighted by Crippen LogP contribution is -2.34. The lowest BCUT2D eigenvalue weighted by molar-refractivity contribution is -0.117. The number of carbonyl (C=O) groups excluding carboxylic acids is 1. The zero-order chi connectivity index (χ0) is 13.5.